The molecule has 5 rings (SSSR count). The molecule has 4 aromatic rings. The molecular formula is C21H19N5O2S. The quantitative estimate of drug-likeness (QED) is 0.508. The third kappa shape index (κ3) is 3.58. The lowest BCUT2D eigenvalue weighted by Gasteiger charge is -2.38. The normalized spacial score (nSPS) is 14.2. The molecule has 29 heavy (non-hydrogen) atoms. The van der Waals surface area contributed by atoms with Crippen LogP contribution < -0.4 is 4.74 Å². The predicted octanol–water partition coefficient (Wildman–Crippen LogP) is 3.47. The summed E-state index contributed by atoms with van der Waals surface area (Å²) in [6.07, 6.45) is 1.89. The molecule has 0 saturated carbocycles. The highest BCUT2D eigenvalue weighted by Gasteiger charge is 2.33. The van der Waals surface area contributed by atoms with Crippen LogP contribution in [0, 0.1) is 6.92 Å². The summed E-state index contributed by atoms with van der Waals surface area (Å²) in [7, 11) is 0. The lowest BCUT2D eigenvalue weighted by atomic mass is 10.1. The first-order valence-corrected chi connectivity index (χ1v) is 10.2. The van der Waals surface area contributed by atoms with Crippen LogP contribution in [0.2, 0.25) is 0 Å². The number of carbonyl (C=O) groups is 1. The van der Waals surface area contributed by atoms with Crippen LogP contribution in [0.3, 0.4) is 0 Å². The van der Waals surface area contributed by atoms with E-state index in [-0.39, 0.29) is 11.9 Å². The van der Waals surface area contributed by atoms with Crippen molar-refractivity contribution in [2.45, 2.75) is 19.6 Å². The third-order valence-electron chi connectivity index (χ3n) is 4.95. The molecule has 1 amide bonds. The van der Waals surface area contributed by atoms with Crippen LogP contribution in [0.15, 0.2) is 54.7 Å². The Labute approximate surface area is 171 Å². The molecular weight excluding hydrogens is 386 g/mol. The molecule has 8 heteroatoms. The van der Waals surface area contributed by atoms with Crippen molar-refractivity contribution in [3.05, 3.63) is 71.0 Å². The zero-order valence-corrected chi connectivity index (χ0v) is 16.7. The van der Waals surface area contributed by atoms with Gasteiger partial charge in [0.25, 0.3) is 5.91 Å². The molecule has 7 nitrogen and oxygen atoms in total. The molecule has 0 unspecified atom stereocenters. The summed E-state index contributed by atoms with van der Waals surface area (Å²) in [6.45, 7) is 3.60. The van der Waals surface area contributed by atoms with Gasteiger partial charge in [0.15, 0.2) is 0 Å². The van der Waals surface area contributed by atoms with Gasteiger partial charge in [-0.3, -0.25) is 4.79 Å². The smallest absolute Gasteiger partial charge is 0.254 e. The average molecular weight is 405 g/mol. The molecule has 0 spiro atoms. The van der Waals surface area contributed by atoms with Gasteiger partial charge in [-0.1, -0.05) is 23.4 Å². The summed E-state index contributed by atoms with van der Waals surface area (Å²) in [5, 5.41) is 9.39. The lowest BCUT2D eigenvalue weighted by Crippen LogP contribution is -2.50. The van der Waals surface area contributed by atoms with E-state index in [4.69, 9.17) is 4.74 Å². The second-order valence-electron chi connectivity index (χ2n) is 7.07. The van der Waals surface area contributed by atoms with Crippen molar-refractivity contribution in [1.82, 2.24) is 24.9 Å². The van der Waals surface area contributed by atoms with Gasteiger partial charge in [-0.25, -0.2) is 9.67 Å². The maximum atomic E-state index is 12.8. The number of thiazole rings is 1. The Morgan fingerprint density at radius 1 is 1.21 bits per heavy atom. The molecule has 146 valence electrons. The van der Waals surface area contributed by atoms with Crippen molar-refractivity contribution in [2.24, 2.45) is 0 Å². The summed E-state index contributed by atoms with van der Waals surface area (Å²) in [5.41, 5.74) is 2.41. The number of nitrogens with zero attached hydrogens (tertiary/aromatic N) is 5. The van der Waals surface area contributed by atoms with Gasteiger partial charge in [-0.2, -0.15) is 0 Å². The minimum atomic E-state index is 0.0435. The number of benzene rings is 2. The maximum absolute atomic E-state index is 12.8. The first kappa shape index (κ1) is 17.8. The Bertz CT molecular complexity index is 1160. The minimum absolute atomic E-state index is 0.0435. The third-order valence-corrected chi connectivity index (χ3v) is 5.89. The molecule has 2 aromatic carbocycles. The highest BCUT2D eigenvalue weighted by Crippen LogP contribution is 2.26. The number of para-hydroxylation sites is 1. The second kappa shape index (κ2) is 7.29. The summed E-state index contributed by atoms with van der Waals surface area (Å²) < 4.78 is 8.58. The Kier molecular flexibility index (Phi) is 4.48. The van der Waals surface area contributed by atoms with Crippen LogP contribution in [0.25, 0.3) is 10.2 Å². The van der Waals surface area contributed by atoms with Gasteiger partial charge in [-0.15, -0.1) is 16.4 Å². The number of aryl methyl sites for hydroxylation is 1. The van der Waals surface area contributed by atoms with Gasteiger partial charge in [0.2, 0.25) is 0 Å². The van der Waals surface area contributed by atoms with Gasteiger partial charge in [0.1, 0.15) is 18.1 Å². The van der Waals surface area contributed by atoms with Crippen LogP contribution in [0.4, 0.5) is 0 Å². The zero-order valence-electron chi connectivity index (χ0n) is 15.9. The van der Waals surface area contributed by atoms with Crippen molar-refractivity contribution in [1.29, 1.82) is 0 Å². The van der Waals surface area contributed by atoms with Crippen molar-refractivity contribution >= 4 is 27.5 Å². The van der Waals surface area contributed by atoms with Crippen molar-refractivity contribution in [3.8, 4) is 5.75 Å². The zero-order chi connectivity index (χ0) is 19.8. The molecule has 0 radical (unpaired) electrons. The highest BCUT2D eigenvalue weighted by molar-refractivity contribution is 7.18. The molecule has 1 saturated heterocycles. The maximum Gasteiger partial charge on any atom is 0.254 e. The Morgan fingerprint density at radius 2 is 2.03 bits per heavy atom. The lowest BCUT2D eigenvalue weighted by molar-refractivity contribution is 0.0498. The van der Waals surface area contributed by atoms with Crippen LogP contribution in [-0.4, -0.2) is 43.9 Å². The van der Waals surface area contributed by atoms with Crippen molar-refractivity contribution in [2.75, 3.05) is 13.1 Å². The molecule has 1 aliphatic heterocycles. The van der Waals surface area contributed by atoms with E-state index in [2.05, 4.69) is 15.3 Å². The average Bonchev–Trinajstić information content (AvgIpc) is 3.31. The van der Waals surface area contributed by atoms with E-state index < -0.39 is 0 Å². The number of carbonyl (C=O) groups excluding carboxylic acids is 1. The number of ether oxygens (including phenoxy) is 1. The number of hydrogen-bond donors (Lipinski definition) is 0. The fourth-order valence-electron chi connectivity index (χ4n) is 3.38. The van der Waals surface area contributed by atoms with Gasteiger partial charge in [-0.05, 0) is 37.3 Å². The summed E-state index contributed by atoms with van der Waals surface area (Å²) >= 11 is 1.61. The number of aromatic nitrogens is 4. The number of rotatable bonds is 5. The fourth-order valence-corrected chi connectivity index (χ4v) is 4.24. The van der Waals surface area contributed by atoms with Crippen LogP contribution >= 0.6 is 11.3 Å². The van der Waals surface area contributed by atoms with E-state index in [0.717, 1.165) is 26.7 Å². The molecule has 1 aliphatic rings. The largest absolute Gasteiger partial charge is 0.487 e. The molecule has 0 atom stereocenters. The van der Waals surface area contributed by atoms with Crippen molar-refractivity contribution in [3.63, 3.8) is 0 Å². The SMILES string of the molecule is Cc1nc2ccc(C(=O)N3CC(n4cc(COc5ccccc5)nn4)C3)cc2s1. The molecule has 0 bridgehead atoms. The van der Waals surface area contributed by atoms with Crippen LogP contribution in [0.1, 0.15) is 27.1 Å². The van der Waals surface area contributed by atoms with E-state index in [1.165, 1.54) is 0 Å². The van der Waals surface area contributed by atoms with E-state index in [1.807, 2.05) is 71.2 Å². The van der Waals surface area contributed by atoms with E-state index in [1.54, 1.807) is 11.3 Å². The topological polar surface area (TPSA) is 73.1 Å². The standard InChI is InChI=1S/C21H19N5O2S/c1-14-22-19-8-7-15(9-20(19)29-14)21(27)25-11-17(12-25)26-10-16(23-24-26)13-28-18-5-3-2-4-6-18/h2-10,17H,11-13H2,1H3. The fraction of sp³-hybridized carbons (Fsp3) is 0.238. The monoisotopic (exact) mass is 405 g/mol. The number of amides is 1. The van der Waals surface area contributed by atoms with Crippen LogP contribution in [0.5, 0.6) is 5.75 Å². The Morgan fingerprint density at radius 3 is 2.86 bits per heavy atom. The molecule has 2 aromatic heterocycles. The first-order chi connectivity index (χ1) is 14.2. The second-order valence-corrected chi connectivity index (χ2v) is 8.31. The highest BCUT2D eigenvalue weighted by atomic mass is 32.1. The summed E-state index contributed by atoms with van der Waals surface area (Å²) in [5.74, 6) is 0.845. The number of likely N-dealkylation sites (tertiary alicyclic amines) is 1. The Hall–Kier alpha value is -3.26. The van der Waals surface area contributed by atoms with Crippen LogP contribution in [-0.2, 0) is 6.61 Å². The Balaban J connectivity index is 1.19. The summed E-state index contributed by atoms with van der Waals surface area (Å²) in [4.78, 5) is 19.0. The van der Waals surface area contributed by atoms with Gasteiger partial charge >= 0.3 is 0 Å². The van der Waals surface area contributed by atoms with E-state index >= 15 is 0 Å². The first-order valence-electron chi connectivity index (χ1n) is 9.41. The summed E-state index contributed by atoms with van der Waals surface area (Å²) in [6, 6.07) is 15.5. The molecule has 0 aliphatic carbocycles. The molecule has 3 heterocycles. The number of hydrogen-bond acceptors (Lipinski definition) is 6. The van der Waals surface area contributed by atoms with Gasteiger partial charge in [0, 0.05) is 18.7 Å². The van der Waals surface area contributed by atoms with E-state index in [9.17, 15) is 4.79 Å². The van der Waals surface area contributed by atoms with E-state index in [0.29, 0.717) is 25.3 Å². The number of fused-ring (bicyclic) bond motifs is 1. The van der Waals surface area contributed by atoms with Gasteiger partial charge in [0.05, 0.1) is 27.5 Å². The minimum Gasteiger partial charge on any atom is -0.487 e. The predicted molar refractivity (Wildman–Crippen MR) is 110 cm³/mol. The molecule has 1 fully saturated rings. The van der Waals surface area contributed by atoms with Crippen molar-refractivity contribution < 1.29 is 9.53 Å². The molecule has 0 N–H and O–H groups in total. The van der Waals surface area contributed by atoms with Gasteiger partial charge < -0.3 is 9.64 Å².